The van der Waals surface area contributed by atoms with Gasteiger partial charge in [-0.25, -0.2) is 9.78 Å². The highest BCUT2D eigenvalue weighted by molar-refractivity contribution is 6.09. The lowest BCUT2D eigenvalue weighted by Crippen LogP contribution is -2.07. The number of ether oxygens (including phenoxy) is 1. The van der Waals surface area contributed by atoms with E-state index in [9.17, 15) is 9.59 Å². The number of benzene rings is 2. The van der Waals surface area contributed by atoms with Crippen LogP contribution in [-0.2, 0) is 11.3 Å². The summed E-state index contributed by atoms with van der Waals surface area (Å²) in [7, 11) is 0. The Hall–Kier alpha value is -3.73. The van der Waals surface area contributed by atoms with E-state index < -0.39 is 5.97 Å². The molecule has 0 atom stereocenters. The van der Waals surface area contributed by atoms with Gasteiger partial charge in [0.15, 0.2) is 5.78 Å². The van der Waals surface area contributed by atoms with E-state index in [1.54, 1.807) is 36.4 Å². The predicted octanol–water partition coefficient (Wildman–Crippen LogP) is 3.92. The summed E-state index contributed by atoms with van der Waals surface area (Å²) >= 11 is 0. The van der Waals surface area contributed by atoms with Crippen LogP contribution in [0.4, 0.5) is 0 Å². The van der Waals surface area contributed by atoms with Gasteiger partial charge in [0, 0.05) is 23.5 Å². The quantitative estimate of drug-likeness (QED) is 0.402. The van der Waals surface area contributed by atoms with Crippen LogP contribution >= 0.6 is 0 Å². The molecule has 5 heteroatoms. The van der Waals surface area contributed by atoms with Gasteiger partial charge < -0.3 is 9.14 Å². The molecule has 0 N–H and O–H groups in total. The Morgan fingerprint density at radius 2 is 1.48 bits per heavy atom. The normalized spacial score (nSPS) is 10.7. The third-order valence-electron chi connectivity index (χ3n) is 4.18. The van der Waals surface area contributed by atoms with Crippen LogP contribution < -0.4 is 0 Å². The first-order valence-electron chi connectivity index (χ1n) is 8.50. The third kappa shape index (κ3) is 3.62. The molecule has 4 rings (SSSR count). The minimum Gasteiger partial charge on any atom is -0.456 e. The molecule has 0 aliphatic heterocycles. The molecule has 0 amide bonds. The first-order chi connectivity index (χ1) is 13.2. The lowest BCUT2D eigenvalue weighted by Gasteiger charge is -2.05. The second kappa shape index (κ2) is 7.25. The van der Waals surface area contributed by atoms with Gasteiger partial charge in [0.25, 0.3) is 0 Å². The zero-order valence-electron chi connectivity index (χ0n) is 14.4. The molecule has 0 saturated heterocycles. The fraction of sp³-hybridized carbons (Fsp3) is 0.0455. The zero-order chi connectivity index (χ0) is 18.6. The monoisotopic (exact) mass is 356 g/mol. The Balaban J connectivity index is 1.42. The van der Waals surface area contributed by atoms with Gasteiger partial charge in [-0.15, -0.1) is 0 Å². The van der Waals surface area contributed by atoms with Gasteiger partial charge in [-0.3, -0.25) is 4.79 Å². The van der Waals surface area contributed by atoms with Crippen LogP contribution in [-0.4, -0.2) is 21.1 Å². The van der Waals surface area contributed by atoms with Crippen molar-refractivity contribution in [2.75, 3.05) is 0 Å². The van der Waals surface area contributed by atoms with E-state index in [1.807, 2.05) is 53.2 Å². The molecule has 0 bridgehead atoms. The Bertz CT molecular complexity index is 1070. The van der Waals surface area contributed by atoms with Crippen molar-refractivity contribution in [2.45, 2.75) is 6.61 Å². The molecule has 5 nitrogen and oxygen atoms in total. The molecule has 27 heavy (non-hydrogen) atoms. The van der Waals surface area contributed by atoms with Crippen molar-refractivity contribution < 1.29 is 14.3 Å². The SMILES string of the molecule is O=C(OCc1cn2ccccc2n1)c1ccc(C(=O)c2ccccc2)cc1. The number of fused-ring (bicyclic) bond motifs is 1. The summed E-state index contributed by atoms with van der Waals surface area (Å²) in [5.74, 6) is -0.536. The third-order valence-corrected chi connectivity index (χ3v) is 4.18. The standard InChI is InChI=1S/C22H16N2O3/c25-21(16-6-2-1-3-7-16)17-9-11-18(12-10-17)22(26)27-15-19-14-24-13-5-4-8-20(24)23-19/h1-14H,15H2. The van der Waals surface area contributed by atoms with Gasteiger partial charge in [0.1, 0.15) is 12.3 Å². The molecule has 0 unspecified atom stereocenters. The molecular weight excluding hydrogens is 340 g/mol. The van der Waals surface area contributed by atoms with Crippen LogP contribution in [0, 0.1) is 0 Å². The van der Waals surface area contributed by atoms with E-state index in [0.717, 1.165) is 5.65 Å². The number of pyridine rings is 1. The predicted molar refractivity (Wildman–Crippen MR) is 101 cm³/mol. The maximum absolute atomic E-state index is 12.4. The van der Waals surface area contributed by atoms with E-state index >= 15 is 0 Å². The average Bonchev–Trinajstić information content (AvgIpc) is 3.15. The van der Waals surface area contributed by atoms with Gasteiger partial charge in [-0.05, 0) is 24.3 Å². The number of hydrogen-bond donors (Lipinski definition) is 0. The van der Waals surface area contributed by atoms with Crippen LogP contribution in [0.25, 0.3) is 5.65 Å². The van der Waals surface area contributed by atoms with Crippen molar-refractivity contribution in [1.29, 1.82) is 0 Å². The molecule has 2 heterocycles. The van der Waals surface area contributed by atoms with Crippen molar-refractivity contribution in [3.63, 3.8) is 0 Å². The van der Waals surface area contributed by atoms with Crippen molar-refractivity contribution >= 4 is 17.4 Å². The van der Waals surface area contributed by atoms with Gasteiger partial charge >= 0.3 is 5.97 Å². The average molecular weight is 356 g/mol. The van der Waals surface area contributed by atoms with Crippen molar-refractivity contribution in [3.8, 4) is 0 Å². The number of ketones is 1. The molecule has 0 radical (unpaired) electrons. The van der Waals surface area contributed by atoms with Crippen molar-refractivity contribution in [1.82, 2.24) is 9.38 Å². The van der Waals surface area contributed by atoms with Crippen LogP contribution in [0.5, 0.6) is 0 Å². The van der Waals surface area contributed by atoms with Gasteiger partial charge in [-0.2, -0.15) is 0 Å². The number of esters is 1. The number of carbonyl (C=O) groups is 2. The highest BCUT2D eigenvalue weighted by atomic mass is 16.5. The summed E-state index contributed by atoms with van der Waals surface area (Å²) < 4.78 is 7.20. The minimum absolute atomic E-state index is 0.0831. The first kappa shape index (κ1) is 16.7. The van der Waals surface area contributed by atoms with E-state index in [1.165, 1.54) is 0 Å². The van der Waals surface area contributed by atoms with Crippen molar-refractivity contribution in [3.05, 3.63) is 108 Å². The highest BCUT2D eigenvalue weighted by Gasteiger charge is 2.12. The fourth-order valence-electron chi connectivity index (χ4n) is 2.79. The number of rotatable bonds is 5. The van der Waals surface area contributed by atoms with Gasteiger partial charge in [0.05, 0.1) is 11.3 Å². The Kier molecular flexibility index (Phi) is 4.49. The molecule has 0 saturated carbocycles. The number of carbonyl (C=O) groups excluding carboxylic acids is 2. The van der Waals surface area contributed by atoms with Crippen LogP contribution in [0.1, 0.15) is 32.0 Å². The molecule has 0 fully saturated rings. The van der Waals surface area contributed by atoms with Crippen molar-refractivity contribution in [2.24, 2.45) is 0 Å². The molecular formula is C22H16N2O3. The summed E-state index contributed by atoms with van der Waals surface area (Å²) in [5.41, 5.74) is 3.00. The molecule has 0 spiro atoms. The Morgan fingerprint density at radius 3 is 2.22 bits per heavy atom. The molecule has 132 valence electrons. The van der Waals surface area contributed by atoms with Crippen LogP contribution in [0.15, 0.2) is 85.2 Å². The summed E-state index contributed by atoms with van der Waals surface area (Å²) in [5, 5.41) is 0. The second-order valence-electron chi connectivity index (χ2n) is 6.05. The van der Waals surface area contributed by atoms with Gasteiger partial charge in [-0.1, -0.05) is 48.5 Å². The molecule has 2 aromatic carbocycles. The minimum atomic E-state index is -0.453. The number of aromatic nitrogens is 2. The second-order valence-corrected chi connectivity index (χ2v) is 6.05. The highest BCUT2D eigenvalue weighted by Crippen LogP contribution is 2.13. The number of nitrogens with zero attached hydrogens (tertiary/aromatic N) is 2. The Morgan fingerprint density at radius 1 is 0.815 bits per heavy atom. The molecule has 0 aliphatic rings. The van der Waals surface area contributed by atoms with E-state index in [0.29, 0.717) is 22.4 Å². The number of imidazole rings is 1. The summed E-state index contributed by atoms with van der Waals surface area (Å²) in [6, 6.07) is 21.2. The topological polar surface area (TPSA) is 60.7 Å². The van der Waals surface area contributed by atoms with Gasteiger partial charge in [0.2, 0.25) is 0 Å². The molecule has 2 aromatic heterocycles. The van der Waals surface area contributed by atoms with Crippen LogP contribution in [0.3, 0.4) is 0 Å². The Labute approximate surface area is 155 Å². The maximum Gasteiger partial charge on any atom is 0.338 e. The lowest BCUT2D eigenvalue weighted by molar-refractivity contribution is 0.0468. The lowest BCUT2D eigenvalue weighted by atomic mass is 10.0. The van der Waals surface area contributed by atoms with E-state index in [2.05, 4.69) is 4.98 Å². The summed E-state index contributed by atoms with van der Waals surface area (Å²) in [4.78, 5) is 29.0. The summed E-state index contributed by atoms with van der Waals surface area (Å²) in [6.45, 7) is 0.0885. The maximum atomic E-state index is 12.4. The smallest absolute Gasteiger partial charge is 0.338 e. The van der Waals surface area contributed by atoms with E-state index in [-0.39, 0.29) is 12.4 Å². The molecule has 0 aliphatic carbocycles. The molecule has 4 aromatic rings. The largest absolute Gasteiger partial charge is 0.456 e. The zero-order valence-corrected chi connectivity index (χ0v) is 14.4. The first-order valence-corrected chi connectivity index (χ1v) is 8.50. The number of hydrogen-bond acceptors (Lipinski definition) is 4. The van der Waals surface area contributed by atoms with Crippen LogP contribution in [0.2, 0.25) is 0 Å². The van der Waals surface area contributed by atoms with E-state index in [4.69, 9.17) is 4.74 Å². The summed E-state index contributed by atoms with van der Waals surface area (Å²) in [6.07, 6.45) is 3.71. The fourth-order valence-corrected chi connectivity index (χ4v) is 2.79.